The first-order valence-corrected chi connectivity index (χ1v) is 4.98. The number of hydrogen-bond donors (Lipinski definition) is 1. The van der Waals surface area contributed by atoms with Crippen molar-refractivity contribution in [3.8, 4) is 12.3 Å². The van der Waals surface area contributed by atoms with Crippen molar-refractivity contribution in [1.29, 1.82) is 0 Å². The van der Waals surface area contributed by atoms with E-state index >= 15 is 0 Å². The van der Waals surface area contributed by atoms with Crippen LogP contribution in [-0.2, 0) is 9.53 Å². The third-order valence-corrected chi connectivity index (χ3v) is 2.08. The number of carbonyl (C=O) groups excluding carboxylic acids is 1. The van der Waals surface area contributed by atoms with Gasteiger partial charge in [0.15, 0.2) is 0 Å². The second-order valence-corrected chi connectivity index (χ2v) is 3.15. The minimum atomic E-state index is -0.156. The van der Waals surface area contributed by atoms with Gasteiger partial charge in [-0.3, -0.25) is 4.79 Å². The zero-order chi connectivity index (χ0) is 10.8. The Morgan fingerprint density at radius 3 is 2.86 bits per heavy atom. The Labute approximate surface area is 86.2 Å². The third-order valence-electron chi connectivity index (χ3n) is 2.08. The van der Waals surface area contributed by atoms with E-state index in [-0.39, 0.29) is 5.97 Å². The van der Waals surface area contributed by atoms with Gasteiger partial charge in [-0.15, -0.1) is 12.3 Å². The zero-order valence-corrected chi connectivity index (χ0v) is 9.01. The lowest BCUT2D eigenvalue weighted by Gasteiger charge is -2.13. The van der Waals surface area contributed by atoms with E-state index in [4.69, 9.17) is 6.42 Å². The van der Waals surface area contributed by atoms with Gasteiger partial charge in [-0.05, 0) is 19.4 Å². The number of hydrogen-bond acceptors (Lipinski definition) is 3. The average Bonchev–Trinajstić information content (AvgIpc) is 2.22. The van der Waals surface area contributed by atoms with Crippen LogP contribution in [0.5, 0.6) is 0 Å². The first-order valence-electron chi connectivity index (χ1n) is 4.98. The second-order valence-electron chi connectivity index (χ2n) is 3.15. The van der Waals surface area contributed by atoms with E-state index in [1.807, 2.05) is 0 Å². The summed E-state index contributed by atoms with van der Waals surface area (Å²) >= 11 is 0. The quantitative estimate of drug-likeness (QED) is 0.380. The van der Waals surface area contributed by atoms with Crippen LogP contribution >= 0.6 is 0 Å². The van der Waals surface area contributed by atoms with Gasteiger partial charge in [0.05, 0.1) is 7.11 Å². The predicted molar refractivity (Wildman–Crippen MR) is 56.8 cm³/mol. The van der Waals surface area contributed by atoms with Crippen molar-refractivity contribution in [3.63, 3.8) is 0 Å². The molecule has 0 spiro atoms. The molecule has 0 aliphatic rings. The van der Waals surface area contributed by atoms with Crippen LogP contribution in [0.2, 0.25) is 0 Å². The van der Waals surface area contributed by atoms with Crippen molar-refractivity contribution in [2.75, 3.05) is 13.7 Å². The minimum absolute atomic E-state index is 0.156. The summed E-state index contributed by atoms with van der Waals surface area (Å²) in [5.74, 6) is 2.47. The summed E-state index contributed by atoms with van der Waals surface area (Å²) in [4.78, 5) is 10.8. The second kappa shape index (κ2) is 8.58. The molecule has 0 aliphatic carbocycles. The largest absolute Gasteiger partial charge is 0.469 e. The van der Waals surface area contributed by atoms with E-state index in [1.165, 1.54) is 7.11 Å². The maximum atomic E-state index is 10.8. The molecular weight excluding hydrogens is 178 g/mol. The molecule has 0 aromatic rings. The van der Waals surface area contributed by atoms with Crippen molar-refractivity contribution >= 4 is 5.97 Å². The van der Waals surface area contributed by atoms with E-state index in [1.54, 1.807) is 0 Å². The van der Waals surface area contributed by atoms with E-state index in [2.05, 4.69) is 22.9 Å². The zero-order valence-electron chi connectivity index (χ0n) is 9.01. The van der Waals surface area contributed by atoms with Crippen molar-refractivity contribution in [2.24, 2.45) is 0 Å². The first kappa shape index (κ1) is 13.0. The molecule has 0 bridgehead atoms. The molecule has 0 aromatic carbocycles. The molecule has 3 nitrogen and oxygen atoms in total. The van der Waals surface area contributed by atoms with E-state index in [0.29, 0.717) is 12.5 Å². The van der Waals surface area contributed by atoms with Crippen LogP contribution in [0.1, 0.15) is 32.6 Å². The molecule has 0 radical (unpaired) electrons. The van der Waals surface area contributed by atoms with Crippen LogP contribution in [0.4, 0.5) is 0 Å². The highest BCUT2D eigenvalue weighted by molar-refractivity contribution is 5.69. The number of ether oxygens (including phenoxy) is 1. The van der Waals surface area contributed by atoms with Gasteiger partial charge in [0, 0.05) is 18.9 Å². The van der Waals surface area contributed by atoms with Gasteiger partial charge in [-0.25, -0.2) is 0 Å². The lowest BCUT2D eigenvalue weighted by molar-refractivity contribution is -0.140. The highest BCUT2D eigenvalue weighted by Gasteiger charge is 2.04. The summed E-state index contributed by atoms with van der Waals surface area (Å²) in [6.45, 7) is 2.91. The number of rotatable bonds is 7. The summed E-state index contributed by atoms with van der Waals surface area (Å²) in [7, 11) is 1.41. The lowest BCUT2D eigenvalue weighted by Crippen LogP contribution is -2.29. The maximum absolute atomic E-state index is 10.8. The molecule has 0 saturated carbocycles. The molecule has 0 saturated heterocycles. The summed E-state index contributed by atoms with van der Waals surface area (Å²) < 4.78 is 4.53. The molecule has 0 rings (SSSR count). The lowest BCUT2D eigenvalue weighted by atomic mass is 10.1. The highest BCUT2D eigenvalue weighted by Crippen LogP contribution is 1.97. The number of terminal acetylenes is 1. The topological polar surface area (TPSA) is 38.3 Å². The van der Waals surface area contributed by atoms with Crippen molar-refractivity contribution in [1.82, 2.24) is 5.32 Å². The highest BCUT2D eigenvalue weighted by atomic mass is 16.5. The predicted octanol–water partition coefficient (Wildman–Crippen LogP) is 1.33. The summed E-state index contributed by atoms with van der Waals surface area (Å²) in [5.41, 5.74) is 0. The maximum Gasteiger partial charge on any atom is 0.305 e. The van der Waals surface area contributed by atoms with Gasteiger partial charge < -0.3 is 10.1 Å². The molecule has 1 atom stereocenters. The molecular formula is C11H19NO2. The molecule has 3 heteroatoms. The summed E-state index contributed by atoms with van der Waals surface area (Å²) in [6, 6.07) is 0.373. The fourth-order valence-electron chi connectivity index (χ4n) is 1.14. The monoisotopic (exact) mass is 197 g/mol. The fraction of sp³-hybridized carbons (Fsp3) is 0.727. The Morgan fingerprint density at radius 2 is 2.36 bits per heavy atom. The SMILES string of the molecule is C#CCC(CC)NCCCC(=O)OC. The smallest absolute Gasteiger partial charge is 0.305 e. The molecule has 0 aliphatic heterocycles. The van der Waals surface area contributed by atoms with Gasteiger partial charge in [0.2, 0.25) is 0 Å². The van der Waals surface area contributed by atoms with Crippen LogP contribution in [0.15, 0.2) is 0 Å². The molecule has 1 unspecified atom stereocenters. The minimum Gasteiger partial charge on any atom is -0.469 e. The van der Waals surface area contributed by atoms with Crippen molar-refractivity contribution < 1.29 is 9.53 Å². The number of nitrogens with one attached hydrogen (secondary N) is 1. The molecule has 14 heavy (non-hydrogen) atoms. The normalized spacial score (nSPS) is 11.8. The van der Waals surface area contributed by atoms with E-state index in [0.717, 1.165) is 25.8 Å². The average molecular weight is 197 g/mol. The molecule has 0 amide bonds. The molecule has 0 fully saturated rings. The number of carbonyl (C=O) groups is 1. The summed E-state index contributed by atoms with van der Waals surface area (Å²) in [6.07, 6.45) is 8.24. The molecule has 1 N–H and O–H groups in total. The van der Waals surface area contributed by atoms with Gasteiger partial charge >= 0.3 is 5.97 Å². The Morgan fingerprint density at radius 1 is 1.64 bits per heavy atom. The first-order chi connectivity index (χ1) is 6.74. The molecule has 0 aromatic heterocycles. The van der Waals surface area contributed by atoms with Crippen LogP contribution in [-0.4, -0.2) is 25.7 Å². The Kier molecular flexibility index (Phi) is 7.96. The molecule has 80 valence electrons. The number of methoxy groups -OCH3 is 1. The Bertz CT molecular complexity index is 196. The van der Waals surface area contributed by atoms with Gasteiger partial charge in [0.1, 0.15) is 0 Å². The van der Waals surface area contributed by atoms with Crippen LogP contribution in [0.3, 0.4) is 0 Å². The number of esters is 1. The van der Waals surface area contributed by atoms with Gasteiger partial charge in [0.25, 0.3) is 0 Å². The van der Waals surface area contributed by atoms with Crippen LogP contribution in [0.25, 0.3) is 0 Å². The Balaban J connectivity index is 3.42. The van der Waals surface area contributed by atoms with Gasteiger partial charge in [-0.1, -0.05) is 6.92 Å². The van der Waals surface area contributed by atoms with E-state index in [9.17, 15) is 4.79 Å². The van der Waals surface area contributed by atoms with Crippen molar-refractivity contribution in [2.45, 2.75) is 38.6 Å². The summed E-state index contributed by atoms with van der Waals surface area (Å²) in [5, 5.41) is 3.30. The van der Waals surface area contributed by atoms with Crippen molar-refractivity contribution in [3.05, 3.63) is 0 Å². The standard InChI is InChI=1S/C11H19NO2/c1-4-7-10(5-2)12-9-6-8-11(13)14-3/h1,10,12H,5-9H2,2-3H3. The van der Waals surface area contributed by atoms with Crippen LogP contribution in [0, 0.1) is 12.3 Å². The Hall–Kier alpha value is -1.01. The molecule has 0 heterocycles. The third kappa shape index (κ3) is 6.50. The van der Waals surface area contributed by atoms with Crippen LogP contribution < -0.4 is 5.32 Å². The van der Waals surface area contributed by atoms with E-state index < -0.39 is 0 Å². The van der Waals surface area contributed by atoms with Gasteiger partial charge in [-0.2, -0.15) is 0 Å². The fourth-order valence-corrected chi connectivity index (χ4v) is 1.14.